The van der Waals surface area contributed by atoms with Crippen LogP contribution in [0.25, 0.3) is 0 Å². The van der Waals surface area contributed by atoms with Gasteiger partial charge in [0.15, 0.2) is 0 Å². The van der Waals surface area contributed by atoms with Crippen molar-refractivity contribution in [3.63, 3.8) is 0 Å². The van der Waals surface area contributed by atoms with Crippen LogP contribution in [0.4, 0.5) is 0 Å². The minimum Gasteiger partial charge on any atom is -0.497 e. The van der Waals surface area contributed by atoms with Gasteiger partial charge in [-0.15, -0.1) is 0 Å². The van der Waals surface area contributed by atoms with E-state index in [0.717, 1.165) is 44.3 Å². The van der Waals surface area contributed by atoms with E-state index in [1.165, 1.54) is 5.56 Å². The minimum atomic E-state index is -0.541. The first-order chi connectivity index (χ1) is 16.0. The SMILES string of the molecule is COc1cccc(C(=O)N2CCCC3(CCCCc4ccccc4OCCN(C)C3=O)C2)c1. The number of carbonyl (C=O) groups excluding carboxylic acids is 2. The highest BCUT2D eigenvalue weighted by Crippen LogP contribution is 2.38. The molecule has 0 aromatic heterocycles. The number of hydrogen-bond donors (Lipinski definition) is 0. The number of rotatable bonds is 2. The van der Waals surface area contributed by atoms with E-state index < -0.39 is 5.41 Å². The molecule has 2 aromatic rings. The Bertz CT molecular complexity index is 992. The standard InChI is InChI=1S/C27H34N2O4/c1-28-17-18-33-24-13-4-3-9-21(24)10-5-6-14-27(26(28)31)15-8-16-29(20-27)25(30)22-11-7-12-23(19-22)32-2/h3-4,7,9,11-13,19H,5-6,8,10,14-18,20H2,1-2H3. The molecule has 1 spiro atoms. The Morgan fingerprint density at radius 2 is 1.85 bits per heavy atom. The van der Waals surface area contributed by atoms with Crippen molar-refractivity contribution < 1.29 is 19.1 Å². The monoisotopic (exact) mass is 450 g/mol. The van der Waals surface area contributed by atoms with E-state index in [4.69, 9.17) is 9.47 Å². The zero-order valence-electron chi connectivity index (χ0n) is 19.7. The number of benzene rings is 2. The van der Waals surface area contributed by atoms with E-state index in [2.05, 4.69) is 6.07 Å². The first-order valence-corrected chi connectivity index (χ1v) is 11.9. The lowest BCUT2D eigenvalue weighted by molar-refractivity contribution is -0.144. The molecule has 0 bridgehead atoms. The third kappa shape index (κ3) is 5.15. The summed E-state index contributed by atoms with van der Waals surface area (Å²) >= 11 is 0. The van der Waals surface area contributed by atoms with Gasteiger partial charge >= 0.3 is 0 Å². The fourth-order valence-corrected chi connectivity index (χ4v) is 5.16. The van der Waals surface area contributed by atoms with E-state index in [1.807, 2.05) is 48.3 Å². The largest absolute Gasteiger partial charge is 0.497 e. The highest BCUT2D eigenvalue weighted by atomic mass is 16.5. The number of amides is 2. The van der Waals surface area contributed by atoms with Crippen molar-refractivity contribution in [3.05, 3.63) is 59.7 Å². The van der Waals surface area contributed by atoms with E-state index in [0.29, 0.717) is 37.6 Å². The third-order valence-corrected chi connectivity index (χ3v) is 6.99. The Morgan fingerprint density at radius 3 is 2.70 bits per heavy atom. The predicted octanol–water partition coefficient (Wildman–Crippen LogP) is 4.18. The number of likely N-dealkylation sites (N-methyl/N-ethyl adjacent to an activating group) is 1. The van der Waals surface area contributed by atoms with Crippen LogP contribution >= 0.6 is 0 Å². The second-order valence-corrected chi connectivity index (χ2v) is 9.23. The van der Waals surface area contributed by atoms with Crippen LogP contribution in [-0.2, 0) is 11.2 Å². The molecule has 2 aromatic carbocycles. The summed E-state index contributed by atoms with van der Waals surface area (Å²) in [5, 5.41) is 0. The quantitative estimate of drug-likeness (QED) is 0.689. The van der Waals surface area contributed by atoms with Crippen molar-refractivity contribution in [2.75, 3.05) is 40.4 Å². The highest BCUT2D eigenvalue weighted by molar-refractivity contribution is 5.95. The van der Waals surface area contributed by atoms with Crippen LogP contribution in [0, 0.1) is 5.41 Å². The maximum absolute atomic E-state index is 13.7. The number of piperidine rings is 1. The molecule has 0 aliphatic carbocycles. The zero-order chi connectivity index (χ0) is 23.3. The molecule has 4 rings (SSSR count). The second-order valence-electron chi connectivity index (χ2n) is 9.23. The van der Waals surface area contributed by atoms with Gasteiger partial charge in [-0.25, -0.2) is 0 Å². The van der Waals surface area contributed by atoms with Crippen molar-refractivity contribution in [1.82, 2.24) is 9.80 Å². The lowest BCUT2D eigenvalue weighted by atomic mass is 9.74. The van der Waals surface area contributed by atoms with Crippen molar-refractivity contribution in [2.24, 2.45) is 5.41 Å². The van der Waals surface area contributed by atoms with Crippen LogP contribution < -0.4 is 9.47 Å². The number of nitrogens with zero attached hydrogens (tertiary/aromatic N) is 2. The Labute approximate surface area is 196 Å². The van der Waals surface area contributed by atoms with E-state index in [-0.39, 0.29) is 11.8 Å². The van der Waals surface area contributed by atoms with Crippen LogP contribution in [-0.4, -0.2) is 62.0 Å². The van der Waals surface area contributed by atoms with Gasteiger partial charge in [-0.2, -0.15) is 0 Å². The van der Waals surface area contributed by atoms with E-state index >= 15 is 0 Å². The molecule has 0 saturated carbocycles. The predicted molar refractivity (Wildman–Crippen MR) is 128 cm³/mol. The van der Waals surface area contributed by atoms with Crippen LogP contribution in [0.1, 0.15) is 48.0 Å². The molecule has 0 N–H and O–H groups in total. The van der Waals surface area contributed by atoms with Crippen molar-refractivity contribution in [3.8, 4) is 11.5 Å². The summed E-state index contributed by atoms with van der Waals surface area (Å²) in [6.45, 7) is 2.12. The molecule has 1 saturated heterocycles. The normalized spacial score (nSPS) is 22.1. The molecule has 1 atom stereocenters. The average molecular weight is 451 g/mol. The van der Waals surface area contributed by atoms with Gasteiger partial charge in [-0.1, -0.05) is 30.7 Å². The number of para-hydroxylation sites is 1. The Balaban J connectivity index is 1.54. The van der Waals surface area contributed by atoms with Gasteiger partial charge in [0.25, 0.3) is 5.91 Å². The highest BCUT2D eigenvalue weighted by Gasteiger charge is 2.44. The van der Waals surface area contributed by atoms with Crippen LogP contribution in [0.3, 0.4) is 0 Å². The fraction of sp³-hybridized carbons (Fsp3) is 0.481. The Morgan fingerprint density at radius 1 is 1.03 bits per heavy atom. The number of aryl methyl sites for hydroxylation is 1. The molecule has 2 aliphatic heterocycles. The van der Waals surface area contributed by atoms with Gasteiger partial charge in [-0.3, -0.25) is 9.59 Å². The number of ether oxygens (including phenoxy) is 2. The second kappa shape index (κ2) is 10.3. The summed E-state index contributed by atoms with van der Waals surface area (Å²) in [7, 11) is 3.45. The molecule has 1 unspecified atom stereocenters. The summed E-state index contributed by atoms with van der Waals surface area (Å²) < 4.78 is 11.3. The molecule has 0 radical (unpaired) electrons. The minimum absolute atomic E-state index is 0.0354. The topological polar surface area (TPSA) is 59.1 Å². The van der Waals surface area contributed by atoms with E-state index in [9.17, 15) is 9.59 Å². The summed E-state index contributed by atoms with van der Waals surface area (Å²) in [4.78, 5) is 30.7. The molecular weight excluding hydrogens is 416 g/mol. The summed E-state index contributed by atoms with van der Waals surface area (Å²) in [5.41, 5.74) is 1.28. The van der Waals surface area contributed by atoms with Crippen LogP contribution in [0.5, 0.6) is 11.5 Å². The summed E-state index contributed by atoms with van der Waals surface area (Å²) in [6, 6.07) is 15.4. The number of carbonyl (C=O) groups is 2. The smallest absolute Gasteiger partial charge is 0.254 e. The van der Waals surface area contributed by atoms with Gasteiger partial charge < -0.3 is 19.3 Å². The molecule has 2 heterocycles. The molecule has 2 aliphatic rings. The van der Waals surface area contributed by atoms with Gasteiger partial charge in [0.05, 0.1) is 19.1 Å². The van der Waals surface area contributed by atoms with Crippen molar-refractivity contribution in [2.45, 2.75) is 38.5 Å². The Kier molecular flexibility index (Phi) is 7.21. The van der Waals surface area contributed by atoms with Gasteiger partial charge in [0.2, 0.25) is 5.91 Å². The lowest BCUT2D eigenvalue weighted by Gasteiger charge is -2.44. The molecule has 2 amide bonds. The summed E-state index contributed by atoms with van der Waals surface area (Å²) in [5.74, 6) is 1.67. The van der Waals surface area contributed by atoms with Gasteiger partial charge in [-0.05, 0) is 61.9 Å². The lowest BCUT2D eigenvalue weighted by Crippen LogP contribution is -2.54. The molecule has 176 valence electrons. The zero-order valence-corrected chi connectivity index (χ0v) is 19.7. The average Bonchev–Trinajstić information content (AvgIpc) is 2.86. The Hall–Kier alpha value is -3.02. The van der Waals surface area contributed by atoms with Crippen LogP contribution in [0.2, 0.25) is 0 Å². The maximum atomic E-state index is 13.7. The van der Waals surface area contributed by atoms with Crippen molar-refractivity contribution in [1.29, 1.82) is 0 Å². The van der Waals surface area contributed by atoms with E-state index in [1.54, 1.807) is 18.1 Å². The first kappa shape index (κ1) is 23.1. The third-order valence-electron chi connectivity index (χ3n) is 6.99. The molecule has 33 heavy (non-hydrogen) atoms. The summed E-state index contributed by atoms with van der Waals surface area (Å²) in [6.07, 6.45) is 5.30. The molecule has 6 nitrogen and oxygen atoms in total. The number of likely N-dealkylation sites (tertiary alicyclic amines) is 1. The molecular formula is C27H34N2O4. The number of fused-ring (bicyclic) bond motifs is 1. The van der Waals surface area contributed by atoms with Crippen molar-refractivity contribution >= 4 is 11.8 Å². The maximum Gasteiger partial charge on any atom is 0.254 e. The number of methoxy groups -OCH3 is 1. The molecule has 1 fully saturated rings. The van der Waals surface area contributed by atoms with Gasteiger partial charge in [0, 0.05) is 25.7 Å². The van der Waals surface area contributed by atoms with Crippen LogP contribution in [0.15, 0.2) is 48.5 Å². The first-order valence-electron chi connectivity index (χ1n) is 11.9. The number of hydrogen-bond acceptors (Lipinski definition) is 4. The van der Waals surface area contributed by atoms with Gasteiger partial charge in [0.1, 0.15) is 18.1 Å². The fourth-order valence-electron chi connectivity index (χ4n) is 5.16. The molecule has 6 heteroatoms.